The highest BCUT2D eigenvalue weighted by atomic mass is 127. The van der Waals surface area contributed by atoms with E-state index < -0.39 is 0 Å². The number of guanidine groups is 1. The van der Waals surface area contributed by atoms with Crippen molar-refractivity contribution in [1.29, 1.82) is 0 Å². The maximum Gasteiger partial charge on any atom is 0.188 e. The zero-order valence-electron chi connectivity index (χ0n) is 13.1. The Hall–Kier alpha value is -0.930. The van der Waals surface area contributed by atoms with Gasteiger partial charge in [0.2, 0.25) is 0 Å². The van der Waals surface area contributed by atoms with Crippen molar-refractivity contribution in [2.24, 2.45) is 10.7 Å². The minimum atomic E-state index is 0. The molecule has 0 saturated carbocycles. The number of aromatic nitrogens is 1. The molecule has 1 aliphatic rings. The molecule has 1 aromatic heterocycles. The van der Waals surface area contributed by atoms with E-state index in [1.165, 1.54) is 0 Å². The number of nitrogens with two attached hydrogens (primary N) is 1. The van der Waals surface area contributed by atoms with E-state index in [0.29, 0.717) is 12.5 Å². The Balaban J connectivity index is 0.00000242. The topological polar surface area (TPSA) is 75.8 Å². The van der Waals surface area contributed by atoms with E-state index in [4.69, 9.17) is 10.5 Å². The lowest BCUT2D eigenvalue weighted by Crippen LogP contribution is -2.39. The molecule has 3 N–H and O–H groups in total. The summed E-state index contributed by atoms with van der Waals surface area (Å²) in [4.78, 5) is 10.9. The van der Waals surface area contributed by atoms with Crippen molar-refractivity contribution in [2.75, 3.05) is 39.4 Å². The second kappa shape index (κ2) is 10.7. The van der Waals surface area contributed by atoms with Crippen molar-refractivity contribution < 1.29 is 4.74 Å². The highest BCUT2D eigenvalue weighted by Crippen LogP contribution is 2.02. The molecule has 6 nitrogen and oxygen atoms in total. The van der Waals surface area contributed by atoms with Crippen molar-refractivity contribution in [2.45, 2.75) is 19.9 Å². The van der Waals surface area contributed by atoms with Crippen LogP contribution in [0.4, 0.5) is 0 Å². The quantitative estimate of drug-likeness (QED) is 0.313. The van der Waals surface area contributed by atoms with Crippen LogP contribution in [0, 0.1) is 6.92 Å². The van der Waals surface area contributed by atoms with Gasteiger partial charge in [-0.2, -0.15) is 0 Å². The molecule has 1 fully saturated rings. The smallest absolute Gasteiger partial charge is 0.188 e. The van der Waals surface area contributed by atoms with Crippen LogP contribution in [0.25, 0.3) is 0 Å². The van der Waals surface area contributed by atoms with Crippen LogP contribution in [0.2, 0.25) is 0 Å². The second-order valence-corrected chi connectivity index (χ2v) is 5.31. The van der Waals surface area contributed by atoms with Crippen LogP contribution in [0.3, 0.4) is 0 Å². The SMILES string of the molecule is Cc1cncc(CN=C(N)NCCCN2CCOCC2)c1.I. The summed E-state index contributed by atoms with van der Waals surface area (Å²) in [7, 11) is 0. The van der Waals surface area contributed by atoms with Gasteiger partial charge in [-0.3, -0.25) is 9.88 Å². The van der Waals surface area contributed by atoms with Crippen molar-refractivity contribution in [3.63, 3.8) is 0 Å². The maximum absolute atomic E-state index is 5.86. The van der Waals surface area contributed by atoms with E-state index in [0.717, 1.165) is 56.9 Å². The Kier molecular flexibility index (Phi) is 9.33. The predicted molar refractivity (Wildman–Crippen MR) is 99.6 cm³/mol. The van der Waals surface area contributed by atoms with Crippen LogP contribution in [-0.4, -0.2) is 55.2 Å². The lowest BCUT2D eigenvalue weighted by atomic mass is 10.2. The number of ether oxygens (including phenoxy) is 1. The zero-order valence-corrected chi connectivity index (χ0v) is 15.5. The largest absolute Gasteiger partial charge is 0.379 e. The summed E-state index contributed by atoms with van der Waals surface area (Å²) >= 11 is 0. The fraction of sp³-hybridized carbons (Fsp3) is 0.600. The normalized spacial score (nSPS) is 16.1. The van der Waals surface area contributed by atoms with E-state index in [1.807, 2.05) is 19.3 Å². The molecule has 0 spiro atoms. The first-order chi connectivity index (χ1) is 10.2. The zero-order chi connectivity index (χ0) is 14.9. The molecule has 7 heteroatoms. The number of hydrogen-bond acceptors (Lipinski definition) is 4. The molecular weight excluding hydrogens is 393 g/mol. The predicted octanol–water partition coefficient (Wildman–Crippen LogP) is 1.13. The van der Waals surface area contributed by atoms with Gasteiger partial charge in [0, 0.05) is 32.0 Å². The molecule has 0 unspecified atom stereocenters. The first kappa shape index (κ1) is 19.1. The average molecular weight is 419 g/mol. The molecule has 124 valence electrons. The van der Waals surface area contributed by atoms with Crippen LogP contribution in [0.5, 0.6) is 0 Å². The van der Waals surface area contributed by atoms with Crippen molar-refractivity contribution in [1.82, 2.24) is 15.2 Å². The number of halogens is 1. The van der Waals surface area contributed by atoms with Crippen LogP contribution in [-0.2, 0) is 11.3 Å². The van der Waals surface area contributed by atoms with Gasteiger partial charge in [0.05, 0.1) is 19.8 Å². The van der Waals surface area contributed by atoms with Gasteiger partial charge < -0.3 is 15.8 Å². The minimum absolute atomic E-state index is 0. The summed E-state index contributed by atoms with van der Waals surface area (Å²) in [5.74, 6) is 0.499. The first-order valence-corrected chi connectivity index (χ1v) is 7.48. The van der Waals surface area contributed by atoms with Gasteiger partial charge in [-0.1, -0.05) is 6.07 Å². The van der Waals surface area contributed by atoms with Gasteiger partial charge in [0.1, 0.15) is 0 Å². The summed E-state index contributed by atoms with van der Waals surface area (Å²) in [5.41, 5.74) is 8.08. The Morgan fingerprint density at radius 1 is 1.41 bits per heavy atom. The van der Waals surface area contributed by atoms with E-state index in [9.17, 15) is 0 Å². The number of pyridine rings is 1. The molecule has 0 aliphatic carbocycles. The second-order valence-electron chi connectivity index (χ2n) is 5.31. The molecule has 1 saturated heterocycles. The molecular formula is C15H26IN5O. The van der Waals surface area contributed by atoms with Gasteiger partial charge in [0.25, 0.3) is 0 Å². The summed E-state index contributed by atoms with van der Waals surface area (Å²) in [6.45, 7) is 8.27. The van der Waals surface area contributed by atoms with E-state index in [-0.39, 0.29) is 24.0 Å². The van der Waals surface area contributed by atoms with Gasteiger partial charge in [0.15, 0.2) is 5.96 Å². The Labute approximate surface area is 149 Å². The highest BCUT2D eigenvalue weighted by Gasteiger charge is 2.08. The molecule has 1 aliphatic heterocycles. The lowest BCUT2D eigenvalue weighted by molar-refractivity contribution is 0.0376. The van der Waals surface area contributed by atoms with E-state index >= 15 is 0 Å². The third-order valence-corrected chi connectivity index (χ3v) is 3.42. The van der Waals surface area contributed by atoms with Crippen LogP contribution >= 0.6 is 24.0 Å². The molecule has 2 rings (SSSR count). The van der Waals surface area contributed by atoms with Crippen LogP contribution < -0.4 is 11.1 Å². The third-order valence-electron chi connectivity index (χ3n) is 3.42. The van der Waals surface area contributed by atoms with Crippen molar-refractivity contribution in [3.8, 4) is 0 Å². The summed E-state index contributed by atoms with van der Waals surface area (Å²) in [6, 6.07) is 2.07. The molecule has 0 aromatic carbocycles. The molecule has 1 aromatic rings. The minimum Gasteiger partial charge on any atom is -0.379 e. The van der Waals surface area contributed by atoms with Gasteiger partial charge in [-0.25, -0.2) is 4.99 Å². The Morgan fingerprint density at radius 3 is 2.91 bits per heavy atom. The van der Waals surface area contributed by atoms with E-state index in [2.05, 4.69) is 26.3 Å². The highest BCUT2D eigenvalue weighted by molar-refractivity contribution is 14.0. The number of rotatable bonds is 6. The van der Waals surface area contributed by atoms with Gasteiger partial charge >= 0.3 is 0 Å². The number of aryl methyl sites for hydroxylation is 1. The van der Waals surface area contributed by atoms with Gasteiger partial charge in [-0.05, 0) is 31.0 Å². The lowest BCUT2D eigenvalue weighted by Gasteiger charge is -2.26. The first-order valence-electron chi connectivity index (χ1n) is 7.48. The van der Waals surface area contributed by atoms with Crippen LogP contribution in [0.1, 0.15) is 17.5 Å². The Bertz CT molecular complexity index is 463. The average Bonchev–Trinajstić information content (AvgIpc) is 2.51. The third kappa shape index (κ3) is 7.37. The van der Waals surface area contributed by atoms with Crippen molar-refractivity contribution >= 4 is 29.9 Å². The fourth-order valence-electron chi connectivity index (χ4n) is 2.28. The number of hydrogen-bond donors (Lipinski definition) is 2. The summed E-state index contributed by atoms with van der Waals surface area (Å²) in [6.07, 6.45) is 4.71. The molecule has 22 heavy (non-hydrogen) atoms. The molecule has 0 atom stereocenters. The number of nitrogens with one attached hydrogen (secondary N) is 1. The van der Waals surface area contributed by atoms with Gasteiger partial charge in [-0.15, -0.1) is 24.0 Å². The number of nitrogens with zero attached hydrogens (tertiary/aromatic N) is 3. The van der Waals surface area contributed by atoms with Crippen LogP contribution in [0.15, 0.2) is 23.5 Å². The fourth-order valence-corrected chi connectivity index (χ4v) is 2.28. The molecule has 0 bridgehead atoms. The van der Waals surface area contributed by atoms with E-state index in [1.54, 1.807) is 0 Å². The Morgan fingerprint density at radius 2 is 2.18 bits per heavy atom. The number of aliphatic imine (C=N–C) groups is 1. The monoisotopic (exact) mass is 419 g/mol. The number of morpholine rings is 1. The summed E-state index contributed by atoms with van der Waals surface area (Å²) in [5, 5.41) is 3.16. The summed E-state index contributed by atoms with van der Waals surface area (Å²) < 4.78 is 5.33. The molecule has 0 radical (unpaired) electrons. The standard InChI is InChI=1S/C15H25N5O.HI/c1-13-9-14(11-17-10-13)12-19-15(16)18-3-2-4-20-5-7-21-8-6-20;/h9-11H,2-8,12H2,1H3,(H3,16,18,19);1H. The maximum atomic E-state index is 5.86. The van der Waals surface area contributed by atoms with Crippen molar-refractivity contribution in [3.05, 3.63) is 29.6 Å². The molecule has 0 amide bonds. The molecule has 2 heterocycles.